The highest BCUT2D eigenvalue weighted by atomic mass is 31.2. The van der Waals surface area contributed by atoms with Gasteiger partial charge in [0.15, 0.2) is 0 Å². The van der Waals surface area contributed by atoms with Crippen LogP contribution in [0, 0.1) is 0 Å². The van der Waals surface area contributed by atoms with Gasteiger partial charge in [-0.1, -0.05) is 26.7 Å². The van der Waals surface area contributed by atoms with Gasteiger partial charge in [-0.25, -0.2) is 0 Å². The first-order valence-corrected chi connectivity index (χ1v) is 6.49. The van der Waals surface area contributed by atoms with E-state index in [-0.39, 0.29) is 5.66 Å². The van der Waals surface area contributed by atoms with Crippen molar-refractivity contribution in [3.63, 3.8) is 0 Å². The Hall–Kier alpha value is 0.190. The highest BCUT2D eigenvalue weighted by Gasteiger charge is 2.23. The molecule has 0 bridgehead atoms. The third-order valence-electron chi connectivity index (χ3n) is 1.92. The van der Waals surface area contributed by atoms with Crippen molar-refractivity contribution in [1.82, 2.24) is 0 Å². The van der Waals surface area contributed by atoms with Gasteiger partial charge in [0, 0.05) is 12.3 Å². The van der Waals surface area contributed by atoms with E-state index in [0.29, 0.717) is 0 Å². The van der Waals surface area contributed by atoms with E-state index in [4.69, 9.17) is 0 Å². The first-order valence-electron chi connectivity index (χ1n) is 4.32. The number of hydrogen-bond donors (Lipinski definition) is 1. The maximum atomic E-state index is 11.3. The van der Waals surface area contributed by atoms with E-state index in [1.807, 2.05) is 0 Å². The predicted octanol–water partition coefficient (Wildman–Crippen LogP) is 2.86. The van der Waals surface area contributed by atoms with Gasteiger partial charge in [0.05, 0.1) is 0 Å². The van der Waals surface area contributed by atoms with Crippen molar-refractivity contribution in [3.8, 4) is 0 Å². The minimum absolute atomic E-state index is 0.0394. The first kappa shape index (κ1) is 11.2. The fourth-order valence-electron chi connectivity index (χ4n) is 1.29. The fraction of sp³-hybridized carbons (Fsp3) is 1.00. The zero-order chi connectivity index (χ0) is 8.91. The molecule has 0 rings (SSSR count). The molecular formula is C8H19O2P. The molecule has 0 aliphatic heterocycles. The lowest BCUT2D eigenvalue weighted by Gasteiger charge is -2.17. The van der Waals surface area contributed by atoms with Crippen LogP contribution >= 0.6 is 7.37 Å². The lowest BCUT2D eigenvalue weighted by Crippen LogP contribution is -2.06. The minimum atomic E-state index is -2.81. The molecule has 0 aliphatic carbocycles. The van der Waals surface area contributed by atoms with E-state index < -0.39 is 7.37 Å². The topological polar surface area (TPSA) is 37.3 Å². The SMILES string of the molecule is CCCC(CCC)P(C)(=O)O. The Labute approximate surface area is 69.5 Å². The maximum absolute atomic E-state index is 11.3. The molecule has 0 aromatic carbocycles. The summed E-state index contributed by atoms with van der Waals surface area (Å²) in [4.78, 5) is 9.30. The van der Waals surface area contributed by atoms with Crippen molar-refractivity contribution in [3.05, 3.63) is 0 Å². The molecule has 0 saturated heterocycles. The lowest BCUT2D eigenvalue weighted by molar-refractivity contribution is 0.456. The Kier molecular flexibility index (Phi) is 5.03. The molecule has 1 atom stereocenters. The van der Waals surface area contributed by atoms with Gasteiger partial charge in [-0.2, -0.15) is 0 Å². The van der Waals surface area contributed by atoms with Crippen molar-refractivity contribution in [2.75, 3.05) is 6.66 Å². The smallest absolute Gasteiger partial charge is 0.200 e. The molecule has 11 heavy (non-hydrogen) atoms. The summed E-state index contributed by atoms with van der Waals surface area (Å²) in [5.74, 6) is 0. The van der Waals surface area contributed by atoms with E-state index >= 15 is 0 Å². The average Bonchev–Trinajstić information content (AvgIpc) is 1.85. The van der Waals surface area contributed by atoms with E-state index in [2.05, 4.69) is 13.8 Å². The van der Waals surface area contributed by atoms with Gasteiger partial charge in [-0.15, -0.1) is 0 Å². The van der Waals surface area contributed by atoms with Crippen LogP contribution in [0.5, 0.6) is 0 Å². The normalized spacial score (nSPS) is 16.8. The molecule has 0 radical (unpaired) electrons. The van der Waals surface area contributed by atoms with Crippen LogP contribution in [-0.2, 0) is 4.57 Å². The highest BCUT2D eigenvalue weighted by Crippen LogP contribution is 2.46. The molecule has 2 nitrogen and oxygen atoms in total. The molecule has 3 heteroatoms. The average molecular weight is 178 g/mol. The van der Waals surface area contributed by atoms with Crippen molar-refractivity contribution in [1.29, 1.82) is 0 Å². The van der Waals surface area contributed by atoms with Crippen LogP contribution in [0.15, 0.2) is 0 Å². The first-order chi connectivity index (χ1) is 5.02. The third-order valence-corrected chi connectivity index (χ3v) is 3.79. The summed E-state index contributed by atoms with van der Waals surface area (Å²) in [6.07, 6.45) is 3.78. The highest BCUT2D eigenvalue weighted by molar-refractivity contribution is 7.57. The van der Waals surface area contributed by atoms with Gasteiger partial charge in [-0.3, -0.25) is 4.57 Å². The van der Waals surface area contributed by atoms with Gasteiger partial charge in [0.2, 0.25) is 7.37 Å². The van der Waals surface area contributed by atoms with E-state index in [1.54, 1.807) is 0 Å². The summed E-state index contributed by atoms with van der Waals surface area (Å²) < 4.78 is 11.3. The van der Waals surface area contributed by atoms with Crippen LogP contribution in [0.2, 0.25) is 0 Å². The molecule has 0 aliphatic rings. The molecule has 1 unspecified atom stereocenters. The van der Waals surface area contributed by atoms with Crippen LogP contribution in [0.25, 0.3) is 0 Å². The van der Waals surface area contributed by atoms with Gasteiger partial charge < -0.3 is 4.89 Å². The number of rotatable bonds is 5. The Balaban J connectivity index is 3.99. The van der Waals surface area contributed by atoms with Gasteiger partial charge in [-0.05, 0) is 12.8 Å². The van der Waals surface area contributed by atoms with Crippen molar-refractivity contribution >= 4 is 7.37 Å². The zero-order valence-corrected chi connectivity index (χ0v) is 8.60. The summed E-state index contributed by atoms with van der Waals surface area (Å²) in [5, 5.41) is 0. The van der Waals surface area contributed by atoms with E-state index in [1.165, 1.54) is 6.66 Å². The molecule has 68 valence electrons. The van der Waals surface area contributed by atoms with Crippen molar-refractivity contribution in [2.45, 2.75) is 45.2 Å². The maximum Gasteiger partial charge on any atom is 0.200 e. The van der Waals surface area contributed by atoms with E-state index in [9.17, 15) is 9.46 Å². The summed E-state index contributed by atoms with van der Waals surface area (Å²) in [7, 11) is -2.81. The summed E-state index contributed by atoms with van der Waals surface area (Å²) in [5.41, 5.74) is 0.0394. The Morgan fingerprint density at radius 1 is 1.27 bits per heavy atom. The Bertz CT molecular complexity index is 133. The Morgan fingerprint density at radius 3 is 1.82 bits per heavy atom. The van der Waals surface area contributed by atoms with Crippen LogP contribution in [-0.4, -0.2) is 17.2 Å². The molecule has 0 aromatic heterocycles. The van der Waals surface area contributed by atoms with Gasteiger partial charge in [0.1, 0.15) is 0 Å². The number of hydrogen-bond acceptors (Lipinski definition) is 1. The second-order valence-electron chi connectivity index (χ2n) is 3.17. The lowest BCUT2D eigenvalue weighted by atomic mass is 10.2. The van der Waals surface area contributed by atoms with Gasteiger partial charge in [0.25, 0.3) is 0 Å². The van der Waals surface area contributed by atoms with Crippen LogP contribution in [0.1, 0.15) is 39.5 Å². The minimum Gasteiger partial charge on any atom is -0.344 e. The van der Waals surface area contributed by atoms with E-state index in [0.717, 1.165) is 25.7 Å². The monoisotopic (exact) mass is 178 g/mol. The second-order valence-corrected chi connectivity index (χ2v) is 5.79. The van der Waals surface area contributed by atoms with Crippen molar-refractivity contribution < 1.29 is 9.46 Å². The zero-order valence-electron chi connectivity index (χ0n) is 7.71. The van der Waals surface area contributed by atoms with Crippen LogP contribution < -0.4 is 0 Å². The summed E-state index contributed by atoms with van der Waals surface area (Å²) in [6.45, 7) is 5.58. The molecule has 0 saturated carbocycles. The fourth-order valence-corrected chi connectivity index (χ4v) is 2.76. The van der Waals surface area contributed by atoms with Gasteiger partial charge >= 0.3 is 0 Å². The molecule has 0 heterocycles. The molecule has 1 N–H and O–H groups in total. The summed E-state index contributed by atoms with van der Waals surface area (Å²) >= 11 is 0. The Morgan fingerprint density at radius 2 is 1.64 bits per heavy atom. The standard InChI is InChI=1S/C8H19O2P/c1-4-6-8(7-5-2)11(3,9)10/h8H,4-7H2,1-3H3,(H,9,10). The molecular weight excluding hydrogens is 159 g/mol. The third kappa shape index (κ3) is 4.60. The molecule has 0 spiro atoms. The summed E-state index contributed by atoms with van der Waals surface area (Å²) in [6, 6.07) is 0. The quantitative estimate of drug-likeness (QED) is 0.657. The predicted molar refractivity (Wildman–Crippen MR) is 49.4 cm³/mol. The molecule has 0 fully saturated rings. The largest absolute Gasteiger partial charge is 0.344 e. The molecule has 0 aromatic rings. The second kappa shape index (κ2) is 4.95. The van der Waals surface area contributed by atoms with Crippen molar-refractivity contribution in [2.24, 2.45) is 0 Å². The van der Waals surface area contributed by atoms with Crippen LogP contribution in [0.4, 0.5) is 0 Å². The molecule has 0 amide bonds. The van der Waals surface area contributed by atoms with Crippen LogP contribution in [0.3, 0.4) is 0 Å².